The normalized spacial score (nSPS) is 13.9. The maximum Gasteiger partial charge on any atom is 0.240 e. The van der Waals surface area contributed by atoms with E-state index in [0.29, 0.717) is 18.3 Å². The van der Waals surface area contributed by atoms with Crippen LogP contribution in [0.15, 0.2) is 22.7 Å². The Morgan fingerprint density at radius 2 is 2.32 bits per heavy atom. The van der Waals surface area contributed by atoms with E-state index in [-0.39, 0.29) is 0 Å². The van der Waals surface area contributed by atoms with Crippen molar-refractivity contribution in [3.63, 3.8) is 0 Å². The number of nitrogens with zero attached hydrogens (tertiary/aromatic N) is 2. The number of anilines is 1. The van der Waals surface area contributed by atoms with Crippen LogP contribution in [0.3, 0.4) is 0 Å². The highest BCUT2D eigenvalue weighted by atomic mass is 16.5. The molecule has 5 nitrogen and oxygen atoms in total. The Hall–Kier alpha value is -1.88. The van der Waals surface area contributed by atoms with Crippen LogP contribution in [0.1, 0.15) is 29.3 Å². The second-order valence-electron chi connectivity index (χ2n) is 4.82. The van der Waals surface area contributed by atoms with Crippen molar-refractivity contribution < 1.29 is 4.52 Å². The number of hydrogen-bond donors (Lipinski definition) is 2. The third-order valence-electron chi connectivity index (χ3n) is 3.32. The van der Waals surface area contributed by atoms with E-state index < -0.39 is 0 Å². The van der Waals surface area contributed by atoms with Crippen molar-refractivity contribution in [3.8, 4) is 0 Å². The molecular formula is C14H18N4O. The summed E-state index contributed by atoms with van der Waals surface area (Å²) in [7, 11) is 0. The Balaban J connectivity index is 1.64. The van der Waals surface area contributed by atoms with Gasteiger partial charge in [-0.05, 0) is 30.9 Å². The average Bonchev–Trinajstić information content (AvgIpc) is 2.85. The van der Waals surface area contributed by atoms with E-state index in [1.807, 2.05) is 6.92 Å². The minimum absolute atomic E-state index is 0.602. The lowest BCUT2D eigenvalue weighted by molar-refractivity contribution is 0.364. The number of aromatic nitrogens is 2. The lowest BCUT2D eigenvalue weighted by Gasteiger charge is -2.21. The number of fused-ring (bicyclic) bond motifs is 1. The molecule has 1 aliphatic rings. The summed E-state index contributed by atoms with van der Waals surface area (Å²) >= 11 is 0. The zero-order valence-electron chi connectivity index (χ0n) is 11.1. The first-order valence-electron chi connectivity index (χ1n) is 6.67. The van der Waals surface area contributed by atoms with Gasteiger partial charge in [-0.15, -0.1) is 0 Å². The Morgan fingerprint density at radius 1 is 1.37 bits per heavy atom. The first-order valence-corrected chi connectivity index (χ1v) is 6.67. The van der Waals surface area contributed by atoms with Crippen molar-refractivity contribution in [2.75, 3.05) is 11.9 Å². The van der Waals surface area contributed by atoms with Gasteiger partial charge in [0.1, 0.15) is 0 Å². The van der Waals surface area contributed by atoms with Gasteiger partial charge in [-0.3, -0.25) is 0 Å². The quantitative estimate of drug-likeness (QED) is 0.878. The number of para-hydroxylation sites is 1. The molecule has 0 saturated heterocycles. The standard InChI is InChI=1S/C14H18N4O/c1-10-17-13(19-18-10)9-15-8-12-5-2-4-11-6-3-7-16-14(11)12/h2,4-5,15-16H,3,6-9H2,1H3. The maximum atomic E-state index is 5.08. The molecule has 2 N–H and O–H groups in total. The van der Waals surface area contributed by atoms with Gasteiger partial charge in [0.25, 0.3) is 0 Å². The maximum absolute atomic E-state index is 5.08. The van der Waals surface area contributed by atoms with Gasteiger partial charge in [0, 0.05) is 18.8 Å². The topological polar surface area (TPSA) is 63.0 Å². The summed E-state index contributed by atoms with van der Waals surface area (Å²) in [6.45, 7) is 4.29. The van der Waals surface area contributed by atoms with Crippen LogP contribution in [-0.4, -0.2) is 16.7 Å². The molecule has 0 unspecified atom stereocenters. The summed E-state index contributed by atoms with van der Waals surface area (Å²) < 4.78 is 5.08. The predicted molar refractivity (Wildman–Crippen MR) is 72.8 cm³/mol. The van der Waals surface area contributed by atoms with E-state index in [0.717, 1.165) is 13.1 Å². The van der Waals surface area contributed by atoms with Crippen LogP contribution in [0.4, 0.5) is 5.69 Å². The van der Waals surface area contributed by atoms with Crippen LogP contribution < -0.4 is 10.6 Å². The van der Waals surface area contributed by atoms with E-state index in [1.165, 1.54) is 29.7 Å². The molecule has 0 bridgehead atoms. The Labute approximate surface area is 112 Å². The summed E-state index contributed by atoms with van der Waals surface area (Å²) in [5, 5.41) is 10.6. The number of nitrogens with one attached hydrogen (secondary N) is 2. The van der Waals surface area contributed by atoms with Crippen LogP contribution in [-0.2, 0) is 19.5 Å². The Bertz CT molecular complexity index is 564. The highest BCUT2D eigenvalue weighted by Gasteiger charge is 2.12. The molecule has 0 aliphatic carbocycles. The van der Waals surface area contributed by atoms with Gasteiger partial charge in [-0.2, -0.15) is 4.98 Å². The molecule has 1 aromatic carbocycles. The molecule has 3 rings (SSSR count). The fourth-order valence-electron chi connectivity index (χ4n) is 2.44. The van der Waals surface area contributed by atoms with Gasteiger partial charge in [0.05, 0.1) is 6.54 Å². The fourth-order valence-corrected chi connectivity index (χ4v) is 2.44. The molecule has 1 aromatic heterocycles. The second-order valence-corrected chi connectivity index (χ2v) is 4.82. The van der Waals surface area contributed by atoms with Crippen molar-refractivity contribution in [2.45, 2.75) is 32.9 Å². The number of benzene rings is 1. The molecular weight excluding hydrogens is 240 g/mol. The third-order valence-corrected chi connectivity index (χ3v) is 3.32. The molecule has 5 heteroatoms. The number of hydrogen-bond acceptors (Lipinski definition) is 5. The van der Waals surface area contributed by atoms with Crippen molar-refractivity contribution in [2.24, 2.45) is 0 Å². The SMILES string of the molecule is Cc1noc(CNCc2cccc3c2NCCC3)n1. The van der Waals surface area contributed by atoms with Gasteiger partial charge in [-0.25, -0.2) is 0 Å². The molecule has 0 spiro atoms. The van der Waals surface area contributed by atoms with Crippen LogP contribution >= 0.6 is 0 Å². The number of aryl methyl sites for hydroxylation is 2. The predicted octanol–water partition coefficient (Wildman–Crippen LogP) is 2.03. The highest BCUT2D eigenvalue weighted by Crippen LogP contribution is 2.25. The van der Waals surface area contributed by atoms with Gasteiger partial charge >= 0.3 is 0 Å². The third kappa shape index (κ3) is 2.76. The fraction of sp³-hybridized carbons (Fsp3) is 0.429. The summed E-state index contributed by atoms with van der Waals surface area (Å²) in [5.74, 6) is 1.31. The molecule has 0 saturated carbocycles. The van der Waals surface area contributed by atoms with E-state index >= 15 is 0 Å². The zero-order valence-corrected chi connectivity index (χ0v) is 11.1. The summed E-state index contributed by atoms with van der Waals surface area (Å²) in [6, 6.07) is 6.48. The Morgan fingerprint density at radius 3 is 3.16 bits per heavy atom. The van der Waals surface area contributed by atoms with Gasteiger partial charge < -0.3 is 15.2 Å². The van der Waals surface area contributed by atoms with E-state index in [1.54, 1.807) is 0 Å². The first-order chi connectivity index (χ1) is 9.33. The lowest BCUT2D eigenvalue weighted by Crippen LogP contribution is -2.18. The molecule has 0 fully saturated rings. The minimum atomic E-state index is 0.602. The van der Waals surface area contributed by atoms with E-state index in [2.05, 4.69) is 39.0 Å². The summed E-state index contributed by atoms with van der Waals surface area (Å²) in [6.07, 6.45) is 2.38. The van der Waals surface area contributed by atoms with Gasteiger partial charge in [0.2, 0.25) is 5.89 Å². The molecule has 2 heterocycles. The van der Waals surface area contributed by atoms with Crippen LogP contribution in [0.25, 0.3) is 0 Å². The van der Waals surface area contributed by atoms with Crippen molar-refractivity contribution >= 4 is 5.69 Å². The van der Waals surface area contributed by atoms with Crippen molar-refractivity contribution in [3.05, 3.63) is 41.0 Å². The number of rotatable bonds is 4. The molecule has 2 aromatic rings. The van der Waals surface area contributed by atoms with Gasteiger partial charge in [-0.1, -0.05) is 23.4 Å². The molecule has 100 valence electrons. The Kier molecular flexibility index (Phi) is 3.46. The highest BCUT2D eigenvalue weighted by molar-refractivity contribution is 5.59. The zero-order chi connectivity index (χ0) is 13.1. The molecule has 0 amide bonds. The largest absolute Gasteiger partial charge is 0.385 e. The average molecular weight is 258 g/mol. The van der Waals surface area contributed by atoms with Crippen molar-refractivity contribution in [1.29, 1.82) is 0 Å². The van der Waals surface area contributed by atoms with Crippen molar-refractivity contribution in [1.82, 2.24) is 15.5 Å². The van der Waals surface area contributed by atoms with E-state index in [9.17, 15) is 0 Å². The molecule has 0 radical (unpaired) electrons. The monoisotopic (exact) mass is 258 g/mol. The molecule has 1 aliphatic heterocycles. The van der Waals surface area contributed by atoms with Crippen LogP contribution in [0, 0.1) is 6.92 Å². The van der Waals surface area contributed by atoms with Gasteiger partial charge in [0.15, 0.2) is 5.82 Å². The van der Waals surface area contributed by atoms with Crippen LogP contribution in [0.5, 0.6) is 0 Å². The summed E-state index contributed by atoms with van der Waals surface area (Å²) in [4.78, 5) is 4.17. The molecule has 0 atom stereocenters. The first kappa shape index (κ1) is 12.2. The molecule has 19 heavy (non-hydrogen) atoms. The smallest absolute Gasteiger partial charge is 0.240 e. The lowest BCUT2D eigenvalue weighted by atomic mass is 9.99. The second kappa shape index (κ2) is 5.40. The summed E-state index contributed by atoms with van der Waals surface area (Å²) in [5.41, 5.74) is 4.01. The van der Waals surface area contributed by atoms with Crippen LogP contribution in [0.2, 0.25) is 0 Å². The minimum Gasteiger partial charge on any atom is -0.385 e. The van der Waals surface area contributed by atoms with E-state index in [4.69, 9.17) is 4.52 Å².